The first kappa shape index (κ1) is 34.1. The molecule has 0 aliphatic heterocycles. The van der Waals surface area contributed by atoms with Crippen molar-refractivity contribution in [1.82, 2.24) is 14.5 Å². The highest BCUT2D eigenvalue weighted by atomic mass is 35.5. The number of benzene rings is 4. The Kier molecular flexibility index (Phi) is 11.3. The van der Waals surface area contributed by atoms with Crippen LogP contribution >= 0.6 is 11.6 Å². The van der Waals surface area contributed by atoms with Crippen LogP contribution in [0.3, 0.4) is 0 Å². The van der Waals surface area contributed by atoms with Crippen molar-refractivity contribution in [3.8, 4) is 39.9 Å². The van der Waals surface area contributed by atoms with Crippen LogP contribution in [0.4, 0.5) is 0 Å². The van der Waals surface area contributed by atoms with Gasteiger partial charge in [-0.2, -0.15) is 0 Å². The molecule has 0 amide bonds. The van der Waals surface area contributed by atoms with Crippen molar-refractivity contribution in [3.63, 3.8) is 0 Å². The van der Waals surface area contributed by atoms with Crippen LogP contribution in [0.1, 0.15) is 58.0 Å². The van der Waals surface area contributed by atoms with Gasteiger partial charge in [0, 0.05) is 29.0 Å². The van der Waals surface area contributed by atoms with E-state index in [1.807, 2.05) is 73.7 Å². The van der Waals surface area contributed by atoms with Crippen LogP contribution in [0.15, 0.2) is 97.2 Å². The third-order valence-electron chi connectivity index (χ3n) is 8.28. The molecular formula is C40H46ClN3O3. The average molecular weight is 652 g/mol. The Bertz CT molecular complexity index is 1720. The Morgan fingerprint density at radius 1 is 0.787 bits per heavy atom. The van der Waals surface area contributed by atoms with Crippen molar-refractivity contribution in [2.75, 3.05) is 26.2 Å². The van der Waals surface area contributed by atoms with E-state index in [2.05, 4.69) is 74.5 Å². The maximum absolute atomic E-state index is 6.26. The van der Waals surface area contributed by atoms with Gasteiger partial charge < -0.3 is 23.7 Å². The number of aryl methyl sites for hydroxylation is 1. The average Bonchev–Trinajstić information content (AvgIpc) is 3.50. The molecule has 0 spiro atoms. The van der Waals surface area contributed by atoms with Crippen LogP contribution in [-0.2, 0) is 12.0 Å². The molecule has 0 aliphatic rings. The van der Waals surface area contributed by atoms with Gasteiger partial charge in [0.2, 0.25) is 0 Å². The van der Waals surface area contributed by atoms with Gasteiger partial charge in [-0.05, 0) is 122 Å². The second-order valence-corrected chi connectivity index (χ2v) is 13.2. The minimum Gasteiger partial charge on any atom is -0.494 e. The summed E-state index contributed by atoms with van der Waals surface area (Å²) >= 11 is 6.13. The van der Waals surface area contributed by atoms with Crippen molar-refractivity contribution in [2.45, 2.75) is 60.0 Å². The Morgan fingerprint density at radius 2 is 1.43 bits per heavy atom. The number of imidazole rings is 1. The molecule has 4 aromatic carbocycles. The normalized spacial score (nSPS) is 11.6. The number of aromatic nitrogens is 2. The van der Waals surface area contributed by atoms with Crippen molar-refractivity contribution < 1.29 is 14.2 Å². The fourth-order valence-corrected chi connectivity index (χ4v) is 5.58. The van der Waals surface area contributed by atoms with E-state index in [1.165, 1.54) is 5.56 Å². The third kappa shape index (κ3) is 9.18. The monoisotopic (exact) mass is 651 g/mol. The topological polar surface area (TPSA) is 48.8 Å². The molecule has 0 unspecified atom stereocenters. The molecule has 5 rings (SSSR count). The summed E-state index contributed by atoms with van der Waals surface area (Å²) in [7, 11) is 0. The quantitative estimate of drug-likeness (QED) is 0.112. The Hall–Kier alpha value is -4.26. The fourth-order valence-electron chi connectivity index (χ4n) is 5.35. The minimum atomic E-state index is 0.0811. The van der Waals surface area contributed by atoms with E-state index in [0.29, 0.717) is 18.2 Å². The van der Waals surface area contributed by atoms with Crippen LogP contribution in [0.2, 0.25) is 5.02 Å². The molecule has 0 fully saturated rings. The van der Waals surface area contributed by atoms with Gasteiger partial charge in [0.05, 0.1) is 12.3 Å². The van der Waals surface area contributed by atoms with E-state index in [9.17, 15) is 0 Å². The standard InChI is InChI=1S/C40H46ClN3O3/c1-7-43(8-2)24-9-25-45-34-17-10-30(11-18-34)37-27-44(39(42-37)28-46-35-19-12-31(13-20-35)40(4,5)6)33-15-21-36(22-16-33)47-38-23-14-32(41)26-29(38)3/h10-23,26-27H,7-9,24-25,28H2,1-6H3. The van der Waals surface area contributed by atoms with E-state index in [-0.39, 0.29) is 5.41 Å². The molecule has 1 aromatic heterocycles. The van der Waals surface area contributed by atoms with Crippen LogP contribution in [-0.4, -0.2) is 40.7 Å². The molecular weight excluding hydrogens is 606 g/mol. The van der Waals surface area contributed by atoms with Gasteiger partial charge in [-0.1, -0.05) is 58.4 Å². The number of hydrogen-bond donors (Lipinski definition) is 0. The maximum atomic E-state index is 6.26. The first-order valence-electron chi connectivity index (χ1n) is 16.4. The molecule has 1 heterocycles. The number of ether oxygens (including phenoxy) is 3. The van der Waals surface area contributed by atoms with Crippen molar-refractivity contribution in [1.29, 1.82) is 0 Å². The lowest BCUT2D eigenvalue weighted by Crippen LogP contribution is -2.25. The molecule has 0 saturated carbocycles. The van der Waals surface area contributed by atoms with Crippen molar-refractivity contribution in [3.05, 3.63) is 119 Å². The summed E-state index contributed by atoms with van der Waals surface area (Å²) in [6.45, 7) is 17.2. The Labute approximate surface area is 284 Å². The highest BCUT2D eigenvalue weighted by Crippen LogP contribution is 2.30. The Morgan fingerprint density at radius 3 is 2.06 bits per heavy atom. The van der Waals surface area contributed by atoms with Gasteiger partial charge in [0.15, 0.2) is 5.82 Å². The molecule has 0 N–H and O–H groups in total. The first-order valence-corrected chi connectivity index (χ1v) is 16.8. The lowest BCUT2D eigenvalue weighted by Gasteiger charge is -2.19. The molecule has 0 atom stereocenters. The van der Waals surface area contributed by atoms with Gasteiger partial charge >= 0.3 is 0 Å². The zero-order chi connectivity index (χ0) is 33.4. The van der Waals surface area contributed by atoms with E-state index < -0.39 is 0 Å². The number of halogens is 1. The summed E-state index contributed by atoms with van der Waals surface area (Å²) < 4.78 is 20.5. The molecule has 0 radical (unpaired) electrons. The van der Waals surface area contributed by atoms with Gasteiger partial charge in [0.1, 0.15) is 29.6 Å². The summed E-state index contributed by atoms with van der Waals surface area (Å²) in [6, 6.07) is 30.1. The lowest BCUT2D eigenvalue weighted by atomic mass is 9.87. The molecule has 7 heteroatoms. The van der Waals surface area contributed by atoms with Crippen LogP contribution < -0.4 is 14.2 Å². The lowest BCUT2D eigenvalue weighted by molar-refractivity contribution is 0.249. The summed E-state index contributed by atoms with van der Waals surface area (Å²) in [5.74, 6) is 3.97. The molecule has 0 aliphatic carbocycles. The van der Waals surface area contributed by atoms with E-state index >= 15 is 0 Å². The zero-order valence-electron chi connectivity index (χ0n) is 28.4. The molecule has 246 valence electrons. The van der Waals surface area contributed by atoms with Gasteiger partial charge in [-0.15, -0.1) is 0 Å². The largest absolute Gasteiger partial charge is 0.494 e. The summed E-state index contributed by atoms with van der Waals surface area (Å²) in [4.78, 5) is 7.44. The van der Waals surface area contributed by atoms with E-state index in [0.717, 1.165) is 77.4 Å². The first-order chi connectivity index (χ1) is 22.6. The van der Waals surface area contributed by atoms with Gasteiger partial charge in [-0.3, -0.25) is 0 Å². The number of rotatable bonds is 14. The predicted molar refractivity (Wildman–Crippen MR) is 193 cm³/mol. The number of nitrogens with zero attached hydrogens (tertiary/aromatic N) is 3. The van der Waals surface area contributed by atoms with E-state index in [1.54, 1.807) is 0 Å². The second kappa shape index (κ2) is 15.6. The summed E-state index contributed by atoms with van der Waals surface area (Å²) in [5.41, 5.74) is 5.15. The minimum absolute atomic E-state index is 0.0811. The van der Waals surface area contributed by atoms with Gasteiger partial charge in [0.25, 0.3) is 0 Å². The Balaban J connectivity index is 1.34. The summed E-state index contributed by atoms with van der Waals surface area (Å²) in [6.07, 6.45) is 3.06. The van der Waals surface area contributed by atoms with Crippen molar-refractivity contribution >= 4 is 11.6 Å². The fraction of sp³-hybridized carbons (Fsp3) is 0.325. The zero-order valence-corrected chi connectivity index (χ0v) is 29.2. The maximum Gasteiger partial charge on any atom is 0.152 e. The molecule has 0 bridgehead atoms. The third-order valence-corrected chi connectivity index (χ3v) is 8.51. The second-order valence-electron chi connectivity index (χ2n) is 12.7. The SMILES string of the molecule is CCN(CC)CCCOc1ccc(-c2cn(-c3ccc(Oc4ccc(Cl)cc4C)cc3)c(COc3ccc(C(C)(C)C)cc3)n2)cc1. The van der Waals surface area contributed by atoms with Crippen LogP contribution in [0.5, 0.6) is 23.0 Å². The van der Waals surface area contributed by atoms with Gasteiger partial charge in [-0.25, -0.2) is 4.98 Å². The molecule has 47 heavy (non-hydrogen) atoms. The highest BCUT2D eigenvalue weighted by Gasteiger charge is 2.15. The van der Waals surface area contributed by atoms with Crippen LogP contribution in [0, 0.1) is 6.92 Å². The van der Waals surface area contributed by atoms with E-state index in [4.69, 9.17) is 30.8 Å². The smallest absolute Gasteiger partial charge is 0.152 e. The molecule has 0 saturated heterocycles. The van der Waals surface area contributed by atoms with Crippen LogP contribution in [0.25, 0.3) is 16.9 Å². The number of hydrogen-bond acceptors (Lipinski definition) is 5. The molecule has 5 aromatic rings. The molecule has 6 nitrogen and oxygen atoms in total. The summed E-state index contributed by atoms with van der Waals surface area (Å²) in [5, 5.41) is 0.689. The highest BCUT2D eigenvalue weighted by molar-refractivity contribution is 6.30. The predicted octanol–water partition coefficient (Wildman–Crippen LogP) is 10.3. The van der Waals surface area contributed by atoms with Crippen molar-refractivity contribution in [2.24, 2.45) is 0 Å².